The maximum absolute atomic E-state index is 12.6. The van der Waals surface area contributed by atoms with Crippen molar-refractivity contribution in [2.45, 2.75) is 40.2 Å². The molecule has 0 radical (unpaired) electrons. The lowest BCUT2D eigenvalue weighted by Gasteiger charge is -2.01. The van der Waals surface area contributed by atoms with E-state index >= 15 is 0 Å². The molecule has 3 aromatic heterocycles. The Bertz CT molecular complexity index is 1040. The number of thiazole rings is 1. The van der Waals surface area contributed by atoms with Gasteiger partial charge >= 0.3 is 0 Å². The van der Waals surface area contributed by atoms with Crippen LogP contribution in [0.15, 0.2) is 18.7 Å². The van der Waals surface area contributed by atoms with Crippen molar-refractivity contribution in [2.75, 3.05) is 5.32 Å². The Morgan fingerprint density at radius 3 is 2.93 bits per heavy atom. The van der Waals surface area contributed by atoms with E-state index in [1.54, 1.807) is 6.08 Å². The molecule has 142 valence electrons. The van der Waals surface area contributed by atoms with Crippen molar-refractivity contribution < 1.29 is 4.79 Å². The topological polar surface area (TPSA) is 75.6 Å². The highest BCUT2D eigenvalue weighted by atomic mass is 32.1. The Balaban J connectivity index is 1.85. The third kappa shape index (κ3) is 4.10. The first-order valence-electron chi connectivity index (χ1n) is 8.59. The van der Waals surface area contributed by atoms with Gasteiger partial charge in [0.05, 0.1) is 15.4 Å². The van der Waals surface area contributed by atoms with Crippen LogP contribution in [0.5, 0.6) is 0 Å². The lowest BCUT2D eigenvalue weighted by atomic mass is 10.1. The van der Waals surface area contributed by atoms with Gasteiger partial charge in [-0.1, -0.05) is 30.8 Å². The van der Waals surface area contributed by atoms with Crippen LogP contribution < -0.4 is 5.32 Å². The second-order valence-electron chi connectivity index (χ2n) is 6.08. The van der Waals surface area contributed by atoms with Crippen LogP contribution in [0.1, 0.15) is 39.2 Å². The highest BCUT2D eigenvalue weighted by Gasteiger charge is 2.19. The molecule has 0 bridgehead atoms. The lowest BCUT2D eigenvalue weighted by Crippen LogP contribution is -2.09. The molecule has 3 heterocycles. The highest BCUT2D eigenvalue weighted by Crippen LogP contribution is 2.32. The number of aromatic nitrogens is 4. The molecule has 1 amide bonds. The number of aryl methyl sites for hydroxylation is 3. The summed E-state index contributed by atoms with van der Waals surface area (Å²) < 4.78 is 2.38. The van der Waals surface area contributed by atoms with E-state index in [4.69, 9.17) is 12.2 Å². The number of anilines is 1. The zero-order valence-corrected chi connectivity index (χ0v) is 17.9. The number of rotatable bonds is 7. The average molecular weight is 420 g/mol. The molecule has 0 aliphatic rings. The summed E-state index contributed by atoms with van der Waals surface area (Å²) in [6, 6.07) is 1.98. The van der Waals surface area contributed by atoms with Crippen LogP contribution >= 0.6 is 34.9 Å². The summed E-state index contributed by atoms with van der Waals surface area (Å²) in [5, 5.41) is 10.6. The molecule has 0 aliphatic carbocycles. The number of thiophene rings is 1. The third-order valence-corrected chi connectivity index (χ3v) is 6.53. The predicted molar refractivity (Wildman–Crippen MR) is 114 cm³/mol. The van der Waals surface area contributed by atoms with Gasteiger partial charge in [-0.2, -0.15) is 5.10 Å². The smallest absolute Gasteiger partial charge is 0.267 e. The molecule has 3 aromatic rings. The summed E-state index contributed by atoms with van der Waals surface area (Å²) in [5.74, 6) is 0.573. The zero-order valence-electron chi connectivity index (χ0n) is 15.5. The summed E-state index contributed by atoms with van der Waals surface area (Å²) in [5.41, 5.74) is 2.03. The van der Waals surface area contributed by atoms with Crippen molar-refractivity contribution in [1.82, 2.24) is 19.7 Å². The quantitative estimate of drug-likeness (QED) is 0.411. The molecule has 0 saturated heterocycles. The molecule has 0 saturated carbocycles. The zero-order chi connectivity index (χ0) is 19.6. The monoisotopic (exact) mass is 419 g/mol. The van der Waals surface area contributed by atoms with E-state index in [-0.39, 0.29) is 5.91 Å². The number of carbonyl (C=O) groups is 1. The first-order valence-corrected chi connectivity index (χ1v) is 10.6. The molecule has 2 N–H and O–H groups in total. The minimum atomic E-state index is -0.129. The number of carbonyl (C=O) groups excluding carboxylic acids is 1. The maximum Gasteiger partial charge on any atom is 0.267 e. The Morgan fingerprint density at radius 1 is 1.44 bits per heavy atom. The molecule has 27 heavy (non-hydrogen) atoms. The van der Waals surface area contributed by atoms with Crippen molar-refractivity contribution in [2.24, 2.45) is 0 Å². The molecule has 0 aromatic carbocycles. The SMILES string of the molecule is C=CCn1c(-c2sc(NC(=O)c3cc(CCC)c(C)s3)nc2C)n[nH]c1=S. The van der Waals surface area contributed by atoms with Crippen LogP contribution in [0.25, 0.3) is 10.7 Å². The third-order valence-electron chi connectivity index (χ3n) is 4.05. The molecule has 0 fully saturated rings. The van der Waals surface area contributed by atoms with Crippen molar-refractivity contribution in [3.8, 4) is 10.7 Å². The number of nitrogens with zero attached hydrogens (tertiary/aromatic N) is 3. The number of hydrogen-bond donors (Lipinski definition) is 2. The van der Waals surface area contributed by atoms with Gasteiger partial charge in [-0.25, -0.2) is 4.98 Å². The van der Waals surface area contributed by atoms with Crippen LogP contribution in [-0.4, -0.2) is 25.7 Å². The number of H-pyrrole nitrogens is 1. The Kier molecular flexibility index (Phi) is 6.03. The fraction of sp³-hybridized carbons (Fsp3) is 0.333. The molecule has 0 aliphatic heterocycles. The summed E-state index contributed by atoms with van der Waals surface area (Å²) in [6.45, 7) is 10.4. The minimum Gasteiger partial charge on any atom is -0.297 e. The summed E-state index contributed by atoms with van der Waals surface area (Å²) in [6.07, 6.45) is 3.82. The Morgan fingerprint density at radius 2 is 2.22 bits per heavy atom. The fourth-order valence-corrected chi connectivity index (χ4v) is 4.89. The molecular weight excluding hydrogens is 398 g/mol. The van der Waals surface area contributed by atoms with Crippen LogP contribution in [-0.2, 0) is 13.0 Å². The number of aromatic amines is 1. The van der Waals surface area contributed by atoms with Gasteiger partial charge in [0.25, 0.3) is 5.91 Å². The standard InChI is InChI=1S/C18H21N5OS3/c1-5-7-12-9-13(26-11(12)4)16(24)20-17-19-10(3)14(27-17)15-21-22-18(25)23(15)8-6-2/h6,9H,2,5,7-8H2,1,3-4H3,(H,22,25)(H,19,20,24). The van der Waals surface area contributed by atoms with Gasteiger partial charge in [0.2, 0.25) is 0 Å². The lowest BCUT2D eigenvalue weighted by molar-refractivity contribution is 0.103. The van der Waals surface area contributed by atoms with Crippen LogP contribution in [0, 0.1) is 18.6 Å². The predicted octanol–water partition coefficient (Wildman–Crippen LogP) is 5.13. The summed E-state index contributed by atoms with van der Waals surface area (Å²) in [7, 11) is 0. The molecule has 0 unspecified atom stereocenters. The van der Waals surface area contributed by atoms with E-state index < -0.39 is 0 Å². The maximum atomic E-state index is 12.6. The van der Waals surface area contributed by atoms with E-state index in [0.29, 0.717) is 27.1 Å². The van der Waals surface area contributed by atoms with Gasteiger partial charge in [-0.15, -0.1) is 17.9 Å². The van der Waals surface area contributed by atoms with Gasteiger partial charge < -0.3 is 0 Å². The van der Waals surface area contributed by atoms with Gasteiger partial charge in [0.15, 0.2) is 15.7 Å². The number of nitrogens with one attached hydrogen (secondary N) is 2. The largest absolute Gasteiger partial charge is 0.297 e. The van der Waals surface area contributed by atoms with Gasteiger partial charge in [-0.3, -0.25) is 19.8 Å². The first-order chi connectivity index (χ1) is 12.9. The van der Waals surface area contributed by atoms with Crippen LogP contribution in [0.3, 0.4) is 0 Å². The van der Waals surface area contributed by atoms with Gasteiger partial charge in [0, 0.05) is 11.4 Å². The average Bonchev–Trinajstić information content (AvgIpc) is 3.28. The number of amides is 1. The van der Waals surface area contributed by atoms with Gasteiger partial charge in [-0.05, 0) is 44.1 Å². The molecule has 9 heteroatoms. The van der Waals surface area contributed by atoms with E-state index in [1.807, 2.05) is 17.6 Å². The van der Waals surface area contributed by atoms with E-state index in [1.165, 1.54) is 33.1 Å². The van der Waals surface area contributed by atoms with Gasteiger partial charge in [0.1, 0.15) is 0 Å². The summed E-state index contributed by atoms with van der Waals surface area (Å²) in [4.78, 5) is 19.9. The van der Waals surface area contributed by atoms with E-state index in [9.17, 15) is 4.79 Å². The highest BCUT2D eigenvalue weighted by molar-refractivity contribution is 7.71. The fourth-order valence-electron chi connectivity index (χ4n) is 2.75. The number of allylic oxidation sites excluding steroid dienone is 1. The second kappa shape index (κ2) is 8.28. The Labute approximate surface area is 171 Å². The molecule has 0 spiro atoms. The molecular formula is C18H21N5OS3. The Hall–Kier alpha value is -2.10. The first kappa shape index (κ1) is 19.7. The minimum absolute atomic E-state index is 0.129. The summed E-state index contributed by atoms with van der Waals surface area (Å²) >= 11 is 8.18. The van der Waals surface area contributed by atoms with Crippen LogP contribution in [0.2, 0.25) is 0 Å². The van der Waals surface area contributed by atoms with Crippen molar-refractivity contribution in [1.29, 1.82) is 0 Å². The van der Waals surface area contributed by atoms with Crippen molar-refractivity contribution in [3.05, 3.63) is 44.5 Å². The molecule has 3 rings (SSSR count). The molecule has 6 nitrogen and oxygen atoms in total. The van der Waals surface area contributed by atoms with Crippen molar-refractivity contribution in [3.63, 3.8) is 0 Å². The van der Waals surface area contributed by atoms with E-state index in [0.717, 1.165) is 23.4 Å². The molecule has 0 atom stereocenters. The van der Waals surface area contributed by atoms with E-state index in [2.05, 4.69) is 40.9 Å². The second-order valence-corrected chi connectivity index (χ2v) is 8.72. The van der Waals surface area contributed by atoms with Crippen molar-refractivity contribution >= 4 is 45.9 Å². The number of hydrogen-bond acceptors (Lipinski definition) is 6. The normalized spacial score (nSPS) is 10.9. The van der Waals surface area contributed by atoms with Crippen LogP contribution in [0.4, 0.5) is 5.13 Å².